The molecule has 2 heteroatoms. The van der Waals surface area contributed by atoms with Gasteiger partial charge < -0.3 is 0 Å². The molecule has 0 aliphatic carbocycles. The molecule has 0 aromatic carbocycles. The molecule has 0 aromatic rings. The Balaban J connectivity index is 4.08. The number of carbonyl (C=O) groups is 1. The summed E-state index contributed by atoms with van der Waals surface area (Å²) in [5, 5.41) is 0. The minimum Gasteiger partial charge on any atom is -0.300 e. The van der Waals surface area contributed by atoms with Crippen LogP contribution in [0.3, 0.4) is 0 Å². The van der Waals surface area contributed by atoms with E-state index in [0.717, 1.165) is 0 Å². The van der Waals surface area contributed by atoms with Gasteiger partial charge in [0.15, 0.2) is 0 Å². The molecule has 0 aromatic heterocycles. The number of carbonyl (C=O) groups excluding carboxylic acids is 1. The lowest BCUT2D eigenvalue weighted by Crippen LogP contribution is -1.99. The Morgan fingerprint density at radius 1 is 1.60 bits per heavy atom. The Kier molecular flexibility index (Phi) is 4.12. The number of rotatable bonds is 4. The van der Waals surface area contributed by atoms with Crippen molar-refractivity contribution in [2.45, 2.75) is 13.3 Å². The molecule has 0 aliphatic heterocycles. The third kappa shape index (κ3) is 3.78. The normalized spacial score (nSPS) is 10.7. The molecule has 0 saturated heterocycles. The van der Waals surface area contributed by atoms with E-state index in [0.29, 0.717) is 12.1 Å². The van der Waals surface area contributed by atoms with Crippen LogP contribution in [0, 0.1) is 0 Å². The fourth-order valence-corrected chi connectivity index (χ4v) is 0.543. The fourth-order valence-electron chi connectivity index (χ4n) is 0.543. The van der Waals surface area contributed by atoms with Crippen LogP contribution >= 0.6 is 0 Å². The van der Waals surface area contributed by atoms with E-state index in [1.165, 1.54) is 13.1 Å². The summed E-state index contributed by atoms with van der Waals surface area (Å²) >= 11 is 0. The highest BCUT2D eigenvalue weighted by Gasteiger charge is 1.95. The molecule has 0 atom stereocenters. The molecule has 0 saturated carbocycles. The summed E-state index contributed by atoms with van der Waals surface area (Å²) < 4.78 is 0. The van der Waals surface area contributed by atoms with Gasteiger partial charge in [0.25, 0.3) is 0 Å². The van der Waals surface area contributed by atoms with Crippen molar-refractivity contribution in [3.8, 4) is 0 Å². The van der Waals surface area contributed by atoms with E-state index in [-0.39, 0.29) is 5.78 Å². The number of aliphatic imine (C=N–C) groups is 1. The van der Waals surface area contributed by atoms with Gasteiger partial charge in [-0.25, -0.2) is 0 Å². The summed E-state index contributed by atoms with van der Waals surface area (Å²) in [6, 6.07) is 0. The first-order valence-corrected chi connectivity index (χ1v) is 3.00. The summed E-state index contributed by atoms with van der Waals surface area (Å²) in [7, 11) is 0. The zero-order valence-electron chi connectivity index (χ0n) is 6.13. The van der Waals surface area contributed by atoms with Gasteiger partial charge in [-0.05, 0) is 13.0 Å². The lowest BCUT2D eigenvalue weighted by molar-refractivity contribution is -0.115. The lowest BCUT2D eigenvalue weighted by Gasteiger charge is -1.92. The second kappa shape index (κ2) is 4.68. The van der Waals surface area contributed by atoms with Crippen LogP contribution in [0.25, 0.3) is 0 Å². The average Bonchev–Trinajstić information content (AvgIpc) is 1.86. The molecule has 0 aliphatic rings. The Hall–Kier alpha value is -1.18. The molecule has 0 spiro atoms. The molecule has 0 N–H and O–H groups in total. The zero-order valence-corrected chi connectivity index (χ0v) is 6.13. The number of nitrogens with zero attached hydrogens (tertiary/aromatic N) is 1. The Bertz CT molecular complexity index is 180. The SMILES string of the molecule is C=CN=C(C=C)CC(C)=O. The predicted octanol–water partition coefficient (Wildman–Crippen LogP) is 1.74. The maximum Gasteiger partial charge on any atom is 0.135 e. The van der Waals surface area contributed by atoms with Crippen LogP contribution in [0.2, 0.25) is 0 Å². The summed E-state index contributed by atoms with van der Waals surface area (Å²) in [6.07, 6.45) is 3.30. The lowest BCUT2D eigenvalue weighted by atomic mass is 10.2. The van der Waals surface area contributed by atoms with E-state index in [9.17, 15) is 4.79 Å². The van der Waals surface area contributed by atoms with E-state index in [1.54, 1.807) is 6.08 Å². The van der Waals surface area contributed by atoms with Crippen LogP contribution < -0.4 is 0 Å². The van der Waals surface area contributed by atoms with Crippen molar-refractivity contribution in [2.24, 2.45) is 4.99 Å². The highest BCUT2D eigenvalue weighted by Crippen LogP contribution is 1.90. The second-order valence-corrected chi connectivity index (χ2v) is 1.89. The molecule has 0 amide bonds. The first-order chi connectivity index (χ1) is 4.70. The van der Waals surface area contributed by atoms with Crippen molar-refractivity contribution < 1.29 is 4.79 Å². The standard InChI is InChI=1S/C8H11NO/c1-4-8(9-5-2)6-7(3)10/h4-5H,1-2,6H2,3H3. The van der Waals surface area contributed by atoms with Gasteiger partial charge in [0.2, 0.25) is 0 Å². The highest BCUT2D eigenvalue weighted by molar-refractivity contribution is 6.06. The number of hydrogen-bond acceptors (Lipinski definition) is 2. The monoisotopic (exact) mass is 137 g/mol. The Morgan fingerprint density at radius 2 is 2.20 bits per heavy atom. The molecule has 0 unspecified atom stereocenters. The molecule has 0 bridgehead atoms. The van der Waals surface area contributed by atoms with Gasteiger partial charge >= 0.3 is 0 Å². The molecule has 2 nitrogen and oxygen atoms in total. The molecular weight excluding hydrogens is 126 g/mol. The maximum atomic E-state index is 10.5. The zero-order chi connectivity index (χ0) is 7.98. The molecule has 54 valence electrons. The summed E-state index contributed by atoms with van der Waals surface area (Å²) in [5.41, 5.74) is 0.669. The van der Waals surface area contributed by atoms with E-state index in [1.807, 2.05) is 0 Å². The smallest absolute Gasteiger partial charge is 0.135 e. The number of Topliss-reactive ketones (excluding diaryl/α,β-unsaturated/α-hetero) is 1. The second-order valence-electron chi connectivity index (χ2n) is 1.89. The topological polar surface area (TPSA) is 29.4 Å². The van der Waals surface area contributed by atoms with Crippen molar-refractivity contribution >= 4 is 11.5 Å². The quantitative estimate of drug-likeness (QED) is 0.542. The molecule has 0 radical (unpaired) electrons. The molecule has 0 rings (SSSR count). The van der Waals surface area contributed by atoms with Crippen molar-refractivity contribution in [3.63, 3.8) is 0 Å². The molecular formula is C8H11NO. The fraction of sp³-hybridized carbons (Fsp3) is 0.250. The van der Waals surface area contributed by atoms with Gasteiger partial charge in [-0.3, -0.25) is 9.79 Å². The Labute approximate surface area is 61.0 Å². The van der Waals surface area contributed by atoms with Crippen molar-refractivity contribution in [1.82, 2.24) is 0 Å². The largest absolute Gasteiger partial charge is 0.300 e. The summed E-state index contributed by atoms with van der Waals surface area (Å²) in [5.74, 6) is 0.0838. The van der Waals surface area contributed by atoms with Crippen LogP contribution in [0.15, 0.2) is 30.4 Å². The van der Waals surface area contributed by atoms with E-state index in [2.05, 4.69) is 18.2 Å². The van der Waals surface area contributed by atoms with E-state index >= 15 is 0 Å². The number of allylic oxidation sites excluding steroid dienone is 1. The third-order valence-corrected chi connectivity index (χ3v) is 0.923. The third-order valence-electron chi connectivity index (χ3n) is 0.923. The molecule has 10 heavy (non-hydrogen) atoms. The van der Waals surface area contributed by atoms with Crippen molar-refractivity contribution in [3.05, 3.63) is 25.4 Å². The molecule has 0 heterocycles. The predicted molar refractivity (Wildman–Crippen MR) is 43.1 cm³/mol. The first kappa shape index (κ1) is 8.82. The van der Waals surface area contributed by atoms with Gasteiger partial charge in [-0.15, -0.1) is 0 Å². The van der Waals surface area contributed by atoms with Crippen LogP contribution in [0.4, 0.5) is 0 Å². The van der Waals surface area contributed by atoms with Crippen LogP contribution in [0.1, 0.15) is 13.3 Å². The van der Waals surface area contributed by atoms with Gasteiger partial charge in [-0.1, -0.05) is 13.2 Å². The summed E-state index contributed by atoms with van der Waals surface area (Å²) in [4.78, 5) is 14.3. The number of hydrogen-bond donors (Lipinski definition) is 0. The van der Waals surface area contributed by atoms with Gasteiger partial charge in [0.1, 0.15) is 5.78 Å². The van der Waals surface area contributed by atoms with E-state index < -0.39 is 0 Å². The number of ketones is 1. The van der Waals surface area contributed by atoms with Crippen molar-refractivity contribution in [1.29, 1.82) is 0 Å². The highest BCUT2D eigenvalue weighted by atomic mass is 16.1. The molecule has 0 fully saturated rings. The average molecular weight is 137 g/mol. The van der Waals surface area contributed by atoms with Gasteiger partial charge in [-0.2, -0.15) is 0 Å². The first-order valence-electron chi connectivity index (χ1n) is 3.00. The van der Waals surface area contributed by atoms with Crippen molar-refractivity contribution in [2.75, 3.05) is 0 Å². The van der Waals surface area contributed by atoms with Gasteiger partial charge in [0, 0.05) is 18.3 Å². The minimum absolute atomic E-state index is 0.0838. The van der Waals surface area contributed by atoms with Crippen LogP contribution in [-0.2, 0) is 4.79 Å². The van der Waals surface area contributed by atoms with Crippen LogP contribution in [0.5, 0.6) is 0 Å². The maximum absolute atomic E-state index is 10.5. The van der Waals surface area contributed by atoms with Crippen LogP contribution in [-0.4, -0.2) is 11.5 Å². The summed E-state index contributed by atoms with van der Waals surface area (Å²) in [6.45, 7) is 8.43. The minimum atomic E-state index is 0.0838. The van der Waals surface area contributed by atoms with E-state index in [4.69, 9.17) is 0 Å². The Morgan fingerprint density at radius 3 is 2.50 bits per heavy atom. The van der Waals surface area contributed by atoms with Gasteiger partial charge in [0.05, 0.1) is 0 Å².